The monoisotopic (exact) mass is 197 g/mol. The summed E-state index contributed by atoms with van der Waals surface area (Å²) >= 11 is 0. The van der Waals surface area contributed by atoms with E-state index in [1.807, 2.05) is 13.0 Å². The van der Waals surface area contributed by atoms with Gasteiger partial charge in [-0.1, -0.05) is 0 Å². The Kier molecular flexibility index (Phi) is 4.36. The summed E-state index contributed by atoms with van der Waals surface area (Å²) in [5.74, 6) is -0.148. The lowest BCUT2D eigenvalue weighted by atomic mass is 10.1. The number of carbonyl (C=O) groups is 1. The average molecular weight is 197 g/mol. The fourth-order valence-electron chi connectivity index (χ4n) is 1.42. The minimum atomic E-state index is -0.148. The average Bonchev–Trinajstić information content (AvgIpc) is 2.58. The summed E-state index contributed by atoms with van der Waals surface area (Å²) in [6, 6.07) is 2.10. The van der Waals surface area contributed by atoms with Gasteiger partial charge in [-0.3, -0.25) is 4.79 Å². The standard InChI is InChI=1S/C9H15N3O2/c1-7-8(2-5-14-7)12-6-9(13)11-4-3-10/h7-8,12H,2,4-6H2,1H3,(H,11,13). The van der Waals surface area contributed by atoms with Crippen LogP contribution in [0.3, 0.4) is 0 Å². The predicted octanol–water partition coefficient (Wildman–Crippen LogP) is -0.607. The third-order valence-electron chi connectivity index (χ3n) is 2.27. The Morgan fingerprint density at radius 3 is 3.07 bits per heavy atom. The van der Waals surface area contributed by atoms with E-state index in [0.717, 1.165) is 13.0 Å². The molecule has 1 saturated heterocycles. The first-order chi connectivity index (χ1) is 6.74. The summed E-state index contributed by atoms with van der Waals surface area (Å²) in [5, 5.41) is 13.8. The molecule has 0 saturated carbocycles. The van der Waals surface area contributed by atoms with Crippen molar-refractivity contribution >= 4 is 5.91 Å². The summed E-state index contributed by atoms with van der Waals surface area (Å²) < 4.78 is 5.33. The molecule has 1 fully saturated rings. The zero-order valence-corrected chi connectivity index (χ0v) is 8.25. The molecule has 1 aliphatic heterocycles. The van der Waals surface area contributed by atoms with Crippen molar-refractivity contribution in [2.24, 2.45) is 0 Å². The molecule has 0 bridgehead atoms. The van der Waals surface area contributed by atoms with Crippen LogP contribution in [0.5, 0.6) is 0 Å². The molecular weight excluding hydrogens is 182 g/mol. The van der Waals surface area contributed by atoms with Crippen molar-refractivity contribution in [2.75, 3.05) is 19.7 Å². The van der Waals surface area contributed by atoms with E-state index in [1.165, 1.54) is 0 Å². The van der Waals surface area contributed by atoms with Crippen LogP contribution < -0.4 is 10.6 Å². The molecule has 5 nitrogen and oxygen atoms in total. The number of nitrogens with one attached hydrogen (secondary N) is 2. The first-order valence-electron chi connectivity index (χ1n) is 4.72. The minimum Gasteiger partial charge on any atom is -0.377 e. The quantitative estimate of drug-likeness (QED) is 0.590. The van der Waals surface area contributed by atoms with Gasteiger partial charge in [0.1, 0.15) is 6.54 Å². The lowest BCUT2D eigenvalue weighted by molar-refractivity contribution is -0.120. The summed E-state index contributed by atoms with van der Waals surface area (Å²) in [6.45, 7) is 3.05. The van der Waals surface area contributed by atoms with E-state index in [1.54, 1.807) is 0 Å². The largest absolute Gasteiger partial charge is 0.377 e. The first-order valence-corrected chi connectivity index (χ1v) is 4.72. The molecule has 1 aliphatic rings. The summed E-state index contributed by atoms with van der Waals surface area (Å²) in [6.07, 6.45) is 1.10. The van der Waals surface area contributed by atoms with Crippen molar-refractivity contribution in [2.45, 2.75) is 25.5 Å². The lowest BCUT2D eigenvalue weighted by Crippen LogP contribution is -2.42. The van der Waals surface area contributed by atoms with Crippen LogP contribution in [0.15, 0.2) is 0 Å². The van der Waals surface area contributed by atoms with Gasteiger partial charge in [-0.25, -0.2) is 0 Å². The van der Waals surface area contributed by atoms with Gasteiger partial charge in [0.05, 0.1) is 18.7 Å². The maximum atomic E-state index is 11.1. The van der Waals surface area contributed by atoms with Crippen LogP contribution in [0.25, 0.3) is 0 Å². The highest BCUT2D eigenvalue weighted by Crippen LogP contribution is 2.11. The third kappa shape index (κ3) is 3.32. The Morgan fingerprint density at radius 2 is 2.50 bits per heavy atom. The van der Waals surface area contributed by atoms with E-state index < -0.39 is 0 Å². The van der Waals surface area contributed by atoms with Crippen LogP contribution in [0.2, 0.25) is 0 Å². The van der Waals surface area contributed by atoms with Crippen molar-refractivity contribution < 1.29 is 9.53 Å². The highest BCUT2D eigenvalue weighted by atomic mass is 16.5. The van der Waals surface area contributed by atoms with Crippen molar-refractivity contribution in [1.82, 2.24) is 10.6 Å². The van der Waals surface area contributed by atoms with Crippen LogP contribution in [0, 0.1) is 11.3 Å². The Morgan fingerprint density at radius 1 is 1.71 bits per heavy atom. The van der Waals surface area contributed by atoms with E-state index in [9.17, 15) is 4.79 Å². The van der Waals surface area contributed by atoms with Gasteiger partial charge in [0.15, 0.2) is 0 Å². The highest BCUT2D eigenvalue weighted by molar-refractivity contribution is 5.78. The fraction of sp³-hybridized carbons (Fsp3) is 0.778. The molecule has 1 rings (SSSR count). The highest BCUT2D eigenvalue weighted by Gasteiger charge is 2.23. The van der Waals surface area contributed by atoms with Crippen molar-refractivity contribution in [3.05, 3.63) is 0 Å². The molecule has 78 valence electrons. The summed E-state index contributed by atoms with van der Waals surface area (Å²) in [7, 11) is 0. The molecule has 1 amide bonds. The van der Waals surface area contributed by atoms with Crippen LogP contribution in [-0.4, -0.2) is 37.7 Å². The first kappa shape index (κ1) is 11.0. The molecule has 5 heteroatoms. The third-order valence-corrected chi connectivity index (χ3v) is 2.27. The van der Waals surface area contributed by atoms with E-state index in [-0.39, 0.29) is 31.1 Å². The molecule has 0 aromatic carbocycles. The summed E-state index contributed by atoms with van der Waals surface area (Å²) in [4.78, 5) is 11.1. The van der Waals surface area contributed by atoms with Gasteiger partial charge in [0.25, 0.3) is 0 Å². The van der Waals surface area contributed by atoms with E-state index in [4.69, 9.17) is 10.00 Å². The molecule has 0 aliphatic carbocycles. The molecule has 0 radical (unpaired) electrons. The molecule has 0 aromatic rings. The number of carbonyl (C=O) groups excluding carboxylic acids is 1. The van der Waals surface area contributed by atoms with Crippen molar-refractivity contribution in [3.63, 3.8) is 0 Å². The Balaban J connectivity index is 2.13. The van der Waals surface area contributed by atoms with Crippen LogP contribution >= 0.6 is 0 Å². The smallest absolute Gasteiger partial charge is 0.234 e. The topological polar surface area (TPSA) is 74.2 Å². The van der Waals surface area contributed by atoms with Gasteiger partial charge >= 0.3 is 0 Å². The second kappa shape index (κ2) is 5.58. The number of hydrogen-bond acceptors (Lipinski definition) is 4. The molecule has 2 atom stereocenters. The zero-order chi connectivity index (χ0) is 10.4. The SMILES string of the molecule is CC1OCCC1NCC(=O)NCC#N. The van der Waals surface area contributed by atoms with E-state index >= 15 is 0 Å². The second-order valence-electron chi connectivity index (χ2n) is 3.29. The van der Waals surface area contributed by atoms with Gasteiger partial charge in [-0.15, -0.1) is 0 Å². The van der Waals surface area contributed by atoms with Crippen molar-refractivity contribution in [3.8, 4) is 6.07 Å². The van der Waals surface area contributed by atoms with Gasteiger partial charge in [0, 0.05) is 12.6 Å². The Labute approximate surface area is 83.4 Å². The number of hydrogen-bond donors (Lipinski definition) is 2. The predicted molar refractivity (Wildman–Crippen MR) is 50.4 cm³/mol. The number of nitriles is 1. The van der Waals surface area contributed by atoms with Gasteiger partial charge in [-0.2, -0.15) is 5.26 Å². The zero-order valence-electron chi connectivity index (χ0n) is 8.25. The maximum absolute atomic E-state index is 11.1. The van der Waals surface area contributed by atoms with Crippen LogP contribution in [-0.2, 0) is 9.53 Å². The second-order valence-corrected chi connectivity index (χ2v) is 3.29. The molecule has 0 spiro atoms. The fourth-order valence-corrected chi connectivity index (χ4v) is 1.42. The van der Waals surface area contributed by atoms with E-state index in [2.05, 4.69) is 10.6 Å². The van der Waals surface area contributed by atoms with Crippen LogP contribution in [0.4, 0.5) is 0 Å². The Hall–Kier alpha value is -1.12. The molecule has 1 heterocycles. The van der Waals surface area contributed by atoms with Gasteiger partial charge in [0.2, 0.25) is 5.91 Å². The maximum Gasteiger partial charge on any atom is 0.234 e. The molecule has 2 unspecified atom stereocenters. The van der Waals surface area contributed by atoms with E-state index in [0.29, 0.717) is 0 Å². The van der Waals surface area contributed by atoms with Crippen molar-refractivity contribution in [1.29, 1.82) is 5.26 Å². The molecule has 14 heavy (non-hydrogen) atoms. The Bertz CT molecular complexity index is 237. The number of rotatable bonds is 4. The van der Waals surface area contributed by atoms with Gasteiger partial charge < -0.3 is 15.4 Å². The summed E-state index contributed by atoms with van der Waals surface area (Å²) in [5.41, 5.74) is 0. The number of ether oxygens (including phenoxy) is 1. The number of amides is 1. The number of nitrogens with zero attached hydrogens (tertiary/aromatic N) is 1. The van der Waals surface area contributed by atoms with Crippen LogP contribution in [0.1, 0.15) is 13.3 Å². The molecule has 0 aromatic heterocycles. The molecule has 2 N–H and O–H groups in total. The molecular formula is C9H15N3O2. The normalized spacial score (nSPS) is 25.7. The minimum absolute atomic E-state index is 0.0667. The van der Waals surface area contributed by atoms with Gasteiger partial charge in [-0.05, 0) is 13.3 Å². The lowest BCUT2D eigenvalue weighted by Gasteiger charge is -2.15.